The molecule has 1 heterocycles. The first-order valence-electron chi connectivity index (χ1n) is 9.63. The lowest BCUT2D eigenvalue weighted by molar-refractivity contribution is 0.601. The maximum absolute atomic E-state index is 12.9. The van der Waals surface area contributed by atoms with Gasteiger partial charge in [0, 0.05) is 5.69 Å². The largest absolute Gasteiger partial charge is 0.308 e. The number of fused-ring (bicyclic) bond motifs is 1. The second-order valence-corrected chi connectivity index (χ2v) is 10.1. The first-order chi connectivity index (χ1) is 14.3. The highest BCUT2D eigenvalue weighted by Crippen LogP contribution is 2.25. The Bertz CT molecular complexity index is 1340. The summed E-state index contributed by atoms with van der Waals surface area (Å²) in [5.41, 5.74) is 3.40. The average molecular weight is 439 g/mol. The van der Waals surface area contributed by atoms with Crippen LogP contribution < -0.4 is 9.60 Å². The van der Waals surface area contributed by atoms with Crippen molar-refractivity contribution < 1.29 is 8.42 Å². The Kier molecular flexibility index (Phi) is 5.49. The molecule has 0 amide bonds. The van der Waals surface area contributed by atoms with Crippen LogP contribution in [0, 0.1) is 0 Å². The fraction of sp³-hybridized carbons (Fsp3) is 0.174. The van der Waals surface area contributed by atoms with Crippen molar-refractivity contribution >= 4 is 37.3 Å². The van der Waals surface area contributed by atoms with Crippen molar-refractivity contribution in [2.24, 2.45) is 0 Å². The predicted molar refractivity (Wildman–Crippen MR) is 123 cm³/mol. The van der Waals surface area contributed by atoms with Crippen molar-refractivity contribution in [3.05, 3.63) is 93.6 Å². The van der Waals surface area contributed by atoms with Crippen LogP contribution in [-0.2, 0) is 16.6 Å². The minimum Gasteiger partial charge on any atom is -0.294 e. The van der Waals surface area contributed by atoms with E-state index in [1.165, 1.54) is 0 Å². The standard InChI is InChI=1S/C23H22N2O3S2/c1-16(2)18-8-10-19(11-9-18)24-30(27,28)20-12-13-21-22(14-20)29-23(26)25(21)15-17-6-4-3-5-7-17/h3-14,16,24H,15H2,1-2H3. The molecule has 0 fully saturated rings. The molecule has 3 aromatic carbocycles. The van der Waals surface area contributed by atoms with E-state index in [0.717, 1.165) is 28.0 Å². The third kappa shape index (κ3) is 4.17. The van der Waals surface area contributed by atoms with E-state index in [-0.39, 0.29) is 9.77 Å². The fourth-order valence-corrected chi connectivity index (χ4v) is 5.37. The number of hydrogen-bond donors (Lipinski definition) is 1. The Morgan fingerprint density at radius 2 is 1.67 bits per heavy atom. The zero-order chi connectivity index (χ0) is 21.3. The summed E-state index contributed by atoms with van der Waals surface area (Å²) < 4.78 is 30.6. The molecule has 4 rings (SSSR count). The summed E-state index contributed by atoms with van der Waals surface area (Å²) >= 11 is 1.05. The summed E-state index contributed by atoms with van der Waals surface area (Å²) in [4.78, 5) is 12.5. The molecule has 0 spiro atoms. The summed E-state index contributed by atoms with van der Waals surface area (Å²) in [7, 11) is -3.75. The number of sulfonamides is 1. The van der Waals surface area contributed by atoms with Crippen molar-refractivity contribution in [3.8, 4) is 0 Å². The number of benzene rings is 3. The summed E-state index contributed by atoms with van der Waals surface area (Å²) in [6.07, 6.45) is 0. The molecule has 30 heavy (non-hydrogen) atoms. The van der Waals surface area contributed by atoms with Crippen LogP contribution in [0.5, 0.6) is 0 Å². The highest BCUT2D eigenvalue weighted by Gasteiger charge is 2.17. The molecule has 154 valence electrons. The van der Waals surface area contributed by atoms with Gasteiger partial charge in [-0.25, -0.2) is 8.42 Å². The molecule has 7 heteroatoms. The van der Waals surface area contributed by atoms with Crippen molar-refractivity contribution in [3.63, 3.8) is 0 Å². The molecular weight excluding hydrogens is 416 g/mol. The van der Waals surface area contributed by atoms with Crippen LogP contribution in [0.4, 0.5) is 5.69 Å². The maximum Gasteiger partial charge on any atom is 0.308 e. The van der Waals surface area contributed by atoms with Gasteiger partial charge in [0.05, 0.1) is 21.7 Å². The van der Waals surface area contributed by atoms with Gasteiger partial charge in [-0.05, 0) is 47.4 Å². The molecule has 0 saturated heterocycles. The van der Waals surface area contributed by atoms with Crippen LogP contribution in [0.2, 0.25) is 0 Å². The van der Waals surface area contributed by atoms with Crippen molar-refractivity contribution in [1.82, 2.24) is 4.57 Å². The van der Waals surface area contributed by atoms with Gasteiger partial charge in [-0.1, -0.05) is 67.6 Å². The SMILES string of the molecule is CC(C)c1ccc(NS(=O)(=O)c2ccc3c(c2)sc(=O)n3Cc2ccccc2)cc1. The van der Waals surface area contributed by atoms with Crippen LogP contribution in [0.1, 0.15) is 30.9 Å². The molecule has 0 unspecified atom stereocenters. The number of aromatic nitrogens is 1. The minimum atomic E-state index is -3.75. The van der Waals surface area contributed by atoms with Gasteiger partial charge in [-0.2, -0.15) is 0 Å². The molecule has 0 aliphatic heterocycles. The van der Waals surface area contributed by atoms with E-state index in [0.29, 0.717) is 22.8 Å². The molecule has 4 aromatic rings. The molecule has 0 bridgehead atoms. The molecule has 0 aliphatic rings. The van der Waals surface area contributed by atoms with Crippen LogP contribution in [0.3, 0.4) is 0 Å². The smallest absolute Gasteiger partial charge is 0.294 e. The molecule has 1 N–H and O–H groups in total. The lowest BCUT2D eigenvalue weighted by Crippen LogP contribution is -2.14. The number of nitrogens with one attached hydrogen (secondary N) is 1. The van der Waals surface area contributed by atoms with E-state index in [1.54, 1.807) is 34.9 Å². The summed E-state index contributed by atoms with van der Waals surface area (Å²) in [5.74, 6) is 0.376. The van der Waals surface area contributed by atoms with Gasteiger partial charge >= 0.3 is 4.87 Å². The van der Waals surface area contributed by atoms with Crippen LogP contribution in [0.25, 0.3) is 10.2 Å². The first kappa shape index (κ1) is 20.4. The van der Waals surface area contributed by atoms with E-state index in [2.05, 4.69) is 18.6 Å². The molecule has 0 atom stereocenters. The number of hydrogen-bond acceptors (Lipinski definition) is 4. The van der Waals surface area contributed by atoms with Gasteiger partial charge in [0.1, 0.15) is 0 Å². The van der Waals surface area contributed by atoms with Gasteiger partial charge < -0.3 is 0 Å². The molecular formula is C23H22N2O3S2. The van der Waals surface area contributed by atoms with E-state index >= 15 is 0 Å². The fourth-order valence-electron chi connectivity index (χ4n) is 3.28. The molecule has 0 saturated carbocycles. The first-order valence-corrected chi connectivity index (χ1v) is 11.9. The molecule has 1 aromatic heterocycles. The quantitative estimate of drug-likeness (QED) is 0.459. The van der Waals surface area contributed by atoms with Gasteiger partial charge in [0.15, 0.2) is 0 Å². The lowest BCUT2D eigenvalue weighted by Gasteiger charge is -2.10. The topological polar surface area (TPSA) is 68.2 Å². The Hall–Kier alpha value is -2.90. The monoisotopic (exact) mass is 438 g/mol. The number of nitrogens with zero attached hydrogens (tertiary/aromatic N) is 1. The van der Waals surface area contributed by atoms with Crippen LogP contribution >= 0.6 is 11.3 Å². The molecule has 5 nitrogen and oxygen atoms in total. The van der Waals surface area contributed by atoms with Crippen molar-refractivity contribution in [2.75, 3.05) is 4.72 Å². The number of rotatable bonds is 6. The van der Waals surface area contributed by atoms with Gasteiger partial charge in [-0.15, -0.1) is 0 Å². The molecule has 0 aliphatic carbocycles. The highest BCUT2D eigenvalue weighted by atomic mass is 32.2. The Morgan fingerprint density at radius 1 is 0.967 bits per heavy atom. The molecule has 0 radical (unpaired) electrons. The van der Waals surface area contributed by atoms with E-state index in [1.807, 2.05) is 42.5 Å². The van der Waals surface area contributed by atoms with E-state index < -0.39 is 10.0 Å². The van der Waals surface area contributed by atoms with E-state index in [9.17, 15) is 13.2 Å². The predicted octanol–water partition coefficient (Wildman–Crippen LogP) is 5.04. The summed E-state index contributed by atoms with van der Waals surface area (Å²) in [5, 5.41) is 0. The number of anilines is 1. The second-order valence-electron chi connectivity index (χ2n) is 7.45. The average Bonchev–Trinajstić information content (AvgIpc) is 3.03. The summed E-state index contributed by atoms with van der Waals surface area (Å²) in [6, 6.07) is 21.9. The van der Waals surface area contributed by atoms with Crippen LogP contribution in [0.15, 0.2) is 82.5 Å². The summed E-state index contributed by atoms with van der Waals surface area (Å²) in [6.45, 7) is 4.62. The van der Waals surface area contributed by atoms with Crippen LogP contribution in [-0.4, -0.2) is 13.0 Å². The van der Waals surface area contributed by atoms with Gasteiger partial charge in [0.2, 0.25) is 0 Å². The van der Waals surface area contributed by atoms with Crippen molar-refractivity contribution in [1.29, 1.82) is 0 Å². The number of thiazole rings is 1. The minimum absolute atomic E-state index is 0.111. The third-order valence-corrected chi connectivity index (χ3v) is 7.28. The van der Waals surface area contributed by atoms with Gasteiger partial charge in [0.25, 0.3) is 10.0 Å². The van der Waals surface area contributed by atoms with E-state index in [4.69, 9.17) is 0 Å². The normalized spacial score (nSPS) is 11.8. The zero-order valence-corrected chi connectivity index (χ0v) is 18.3. The van der Waals surface area contributed by atoms with Crippen molar-refractivity contribution in [2.45, 2.75) is 31.2 Å². The maximum atomic E-state index is 12.9. The zero-order valence-electron chi connectivity index (χ0n) is 16.7. The highest BCUT2D eigenvalue weighted by molar-refractivity contribution is 7.92. The Labute approximate surface area is 179 Å². The Morgan fingerprint density at radius 3 is 2.33 bits per heavy atom. The van der Waals surface area contributed by atoms with Gasteiger partial charge in [-0.3, -0.25) is 14.1 Å². The third-order valence-electron chi connectivity index (χ3n) is 4.96. The Balaban J connectivity index is 1.63. The lowest BCUT2D eigenvalue weighted by atomic mass is 10.0. The second kappa shape index (κ2) is 8.08.